The molecule has 1 unspecified atom stereocenters. The van der Waals surface area contributed by atoms with Gasteiger partial charge in [0.1, 0.15) is 17.6 Å². The highest BCUT2D eigenvalue weighted by Gasteiger charge is 2.37. The highest BCUT2D eigenvalue weighted by molar-refractivity contribution is 5.57. The molecule has 1 aliphatic heterocycles. The van der Waals surface area contributed by atoms with Crippen molar-refractivity contribution in [2.75, 3.05) is 39.3 Å². The first-order valence-electron chi connectivity index (χ1n) is 10.3. The number of aliphatic hydroxyl groups is 1. The van der Waals surface area contributed by atoms with Crippen LogP contribution in [0.5, 0.6) is 5.75 Å². The molecule has 1 N–H and O–H groups in total. The smallest absolute Gasteiger partial charge is 0.185 e. The maximum atomic E-state index is 14.7. The van der Waals surface area contributed by atoms with E-state index in [1.807, 2.05) is 12.1 Å². The number of rotatable bonds is 7. The minimum absolute atomic E-state index is 0.0186. The van der Waals surface area contributed by atoms with Crippen molar-refractivity contribution in [3.05, 3.63) is 58.9 Å². The van der Waals surface area contributed by atoms with Crippen molar-refractivity contribution in [1.82, 2.24) is 0 Å². The Morgan fingerprint density at radius 3 is 2.35 bits per heavy atom. The van der Waals surface area contributed by atoms with Crippen LogP contribution >= 0.6 is 0 Å². The molecule has 0 aromatic heterocycles. The summed E-state index contributed by atoms with van der Waals surface area (Å²) in [4.78, 5) is 2.21. The average molecular weight is 429 g/mol. The van der Waals surface area contributed by atoms with E-state index in [1.54, 1.807) is 32.2 Å². The predicted molar refractivity (Wildman–Crippen MR) is 115 cm³/mol. The molecule has 2 aromatic rings. The van der Waals surface area contributed by atoms with Gasteiger partial charge in [0.2, 0.25) is 0 Å². The van der Waals surface area contributed by atoms with Gasteiger partial charge in [-0.1, -0.05) is 12.1 Å². The summed E-state index contributed by atoms with van der Waals surface area (Å²) in [6.07, 6.45) is 0.709. The molecule has 1 aliphatic rings. The zero-order valence-electron chi connectivity index (χ0n) is 18.4. The summed E-state index contributed by atoms with van der Waals surface area (Å²) >= 11 is 0. The summed E-state index contributed by atoms with van der Waals surface area (Å²) in [5.74, 6) is 0.0682. The first kappa shape index (κ1) is 23.0. The van der Waals surface area contributed by atoms with Gasteiger partial charge in [-0.3, -0.25) is 0 Å². The Kier molecular flexibility index (Phi) is 7.16. The number of anilines is 1. The van der Waals surface area contributed by atoms with E-state index < -0.39 is 17.7 Å². The number of nitrogens with zero attached hydrogens (tertiary/aromatic N) is 2. The minimum atomic E-state index is -1.16. The van der Waals surface area contributed by atoms with Gasteiger partial charge < -0.3 is 24.2 Å². The second-order valence-corrected chi connectivity index (χ2v) is 7.94. The molecular formula is C24H29FN2O4. The van der Waals surface area contributed by atoms with E-state index in [4.69, 9.17) is 19.5 Å². The van der Waals surface area contributed by atoms with Crippen LogP contribution in [0.2, 0.25) is 0 Å². The Labute approximate surface area is 182 Å². The van der Waals surface area contributed by atoms with Gasteiger partial charge in [0, 0.05) is 44.6 Å². The summed E-state index contributed by atoms with van der Waals surface area (Å²) in [7, 11) is 4.46. The van der Waals surface area contributed by atoms with Crippen molar-refractivity contribution < 1.29 is 23.7 Å². The molecule has 0 amide bonds. The van der Waals surface area contributed by atoms with Crippen LogP contribution < -0.4 is 9.64 Å². The lowest BCUT2D eigenvalue weighted by Crippen LogP contribution is -2.42. The number of hydrogen-bond acceptors (Lipinski definition) is 6. The molecule has 1 heterocycles. The summed E-state index contributed by atoms with van der Waals surface area (Å²) in [6.45, 7) is 3.23. The molecule has 0 radical (unpaired) electrons. The molecule has 1 saturated heterocycles. The van der Waals surface area contributed by atoms with E-state index in [-0.39, 0.29) is 5.92 Å². The summed E-state index contributed by atoms with van der Waals surface area (Å²) in [6, 6.07) is 12.4. The summed E-state index contributed by atoms with van der Waals surface area (Å²) in [5.41, 5.74) is 1.16. The van der Waals surface area contributed by atoms with Crippen LogP contribution in [0.15, 0.2) is 36.4 Å². The SMILES string of the molecule is COc1cc(N2CCC(C(C)(O)c3ccc(C(OC)OC)c(F)c3)CC2)ccc1C#N. The maximum absolute atomic E-state index is 14.7. The number of ether oxygens (including phenoxy) is 3. The van der Waals surface area contributed by atoms with Crippen LogP contribution in [0.3, 0.4) is 0 Å². The fourth-order valence-electron chi connectivity index (χ4n) is 4.29. The van der Waals surface area contributed by atoms with Gasteiger partial charge in [0.25, 0.3) is 0 Å². The van der Waals surface area contributed by atoms with Crippen molar-refractivity contribution in [3.63, 3.8) is 0 Å². The third-order valence-corrected chi connectivity index (χ3v) is 6.23. The number of piperidine rings is 1. The van der Waals surface area contributed by atoms with E-state index in [0.717, 1.165) is 31.6 Å². The number of halogens is 1. The normalized spacial score (nSPS) is 16.8. The Balaban J connectivity index is 1.73. The van der Waals surface area contributed by atoms with Gasteiger partial charge in [-0.25, -0.2) is 4.39 Å². The lowest BCUT2D eigenvalue weighted by Gasteiger charge is -2.41. The third kappa shape index (κ3) is 4.67. The molecule has 31 heavy (non-hydrogen) atoms. The fraction of sp³-hybridized carbons (Fsp3) is 0.458. The van der Waals surface area contributed by atoms with Crippen LogP contribution in [-0.2, 0) is 15.1 Å². The second-order valence-electron chi connectivity index (χ2n) is 7.94. The maximum Gasteiger partial charge on any atom is 0.185 e. The summed E-state index contributed by atoms with van der Waals surface area (Å²) in [5, 5.41) is 20.4. The monoisotopic (exact) mass is 428 g/mol. The molecule has 166 valence electrons. The van der Waals surface area contributed by atoms with Gasteiger partial charge in [0.15, 0.2) is 6.29 Å². The van der Waals surface area contributed by atoms with Crippen molar-refractivity contribution >= 4 is 5.69 Å². The van der Waals surface area contributed by atoms with E-state index in [0.29, 0.717) is 22.4 Å². The number of hydrogen-bond donors (Lipinski definition) is 1. The van der Waals surface area contributed by atoms with Crippen LogP contribution in [0.4, 0.5) is 10.1 Å². The largest absolute Gasteiger partial charge is 0.495 e. The quantitative estimate of drug-likeness (QED) is 0.669. The predicted octanol–water partition coefficient (Wildman–Crippen LogP) is 4.12. The van der Waals surface area contributed by atoms with Gasteiger partial charge in [-0.15, -0.1) is 0 Å². The van der Waals surface area contributed by atoms with Crippen LogP contribution in [0.1, 0.15) is 42.7 Å². The molecule has 0 bridgehead atoms. The van der Waals surface area contributed by atoms with Crippen molar-refractivity contribution in [2.24, 2.45) is 5.92 Å². The Bertz CT molecular complexity index is 945. The molecule has 3 rings (SSSR count). The van der Waals surface area contributed by atoms with Gasteiger partial charge in [-0.05, 0) is 49.4 Å². The topological polar surface area (TPSA) is 75.0 Å². The molecular weight excluding hydrogens is 399 g/mol. The van der Waals surface area contributed by atoms with Gasteiger partial charge in [-0.2, -0.15) is 5.26 Å². The molecule has 6 nitrogen and oxygen atoms in total. The van der Waals surface area contributed by atoms with Crippen molar-refractivity contribution in [2.45, 2.75) is 31.7 Å². The number of methoxy groups -OCH3 is 3. The summed E-state index contributed by atoms with van der Waals surface area (Å²) < 4.78 is 30.3. The molecule has 1 atom stereocenters. The van der Waals surface area contributed by atoms with Gasteiger partial charge >= 0.3 is 0 Å². The minimum Gasteiger partial charge on any atom is -0.495 e. The van der Waals surface area contributed by atoms with Crippen LogP contribution in [-0.4, -0.2) is 39.5 Å². The molecule has 0 aliphatic carbocycles. The zero-order valence-corrected chi connectivity index (χ0v) is 18.4. The second kappa shape index (κ2) is 9.65. The fourth-order valence-corrected chi connectivity index (χ4v) is 4.29. The highest BCUT2D eigenvalue weighted by Crippen LogP contribution is 2.39. The Hall–Kier alpha value is -2.66. The van der Waals surface area contributed by atoms with Gasteiger partial charge in [0.05, 0.1) is 18.3 Å². The molecule has 1 fully saturated rings. The van der Waals surface area contributed by atoms with E-state index in [1.165, 1.54) is 20.3 Å². The highest BCUT2D eigenvalue weighted by atomic mass is 19.1. The van der Waals surface area contributed by atoms with Crippen LogP contribution in [0.25, 0.3) is 0 Å². The molecule has 0 spiro atoms. The average Bonchev–Trinajstić information content (AvgIpc) is 2.80. The van der Waals surface area contributed by atoms with Crippen molar-refractivity contribution in [1.29, 1.82) is 5.26 Å². The van der Waals surface area contributed by atoms with Crippen LogP contribution in [0, 0.1) is 23.1 Å². The lowest BCUT2D eigenvalue weighted by atomic mass is 9.77. The van der Waals surface area contributed by atoms with E-state index in [2.05, 4.69) is 11.0 Å². The van der Waals surface area contributed by atoms with E-state index >= 15 is 0 Å². The zero-order chi connectivity index (χ0) is 22.6. The number of nitriles is 1. The Morgan fingerprint density at radius 1 is 1.13 bits per heavy atom. The third-order valence-electron chi connectivity index (χ3n) is 6.23. The molecule has 2 aromatic carbocycles. The first-order chi connectivity index (χ1) is 14.8. The first-order valence-corrected chi connectivity index (χ1v) is 10.3. The molecule has 7 heteroatoms. The van der Waals surface area contributed by atoms with E-state index in [9.17, 15) is 9.50 Å². The molecule has 0 saturated carbocycles. The standard InChI is InChI=1S/C24H29FN2O4/c1-24(28,18-6-8-20(21(25)13-18)23(30-3)31-4)17-9-11-27(12-10-17)19-7-5-16(15-26)22(14-19)29-2/h5-8,13-14,17,23,28H,9-12H2,1-4H3. The van der Waals surface area contributed by atoms with Crippen molar-refractivity contribution in [3.8, 4) is 11.8 Å². The number of benzene rings is 2. The lowest BCUT2D eigenvalue weighted by molar-refractivity contribution is -0.107. The Morgan fingerprint density at radius 2 is 1.81 bits per heavy atom.